The Morgan fingerprint density at radius 1 is 0.842 bits per heavy atom. The molecule has 0 aromatic heterocycles. The Balaban J connectivity index is 2.03. The van der Waals surface area contributed by atoms with E-state index in [1.807, 2.05) is 6.07 Å². The van der Waals surface area contributed by atoms with Crippen molar-refractivity contribution in [2.75, 3.05) is 0 Å². The van der Waals surface area contributed by atoms with Crippen LogP contribution in [0.1, 0.15) is 40.2 Å². The van der Waals surface area contributed by atoms with Gasteiger partial charge in [-0.2, -0.15) is 0 Å². The summed E-state index contributed by atoms with van der Waals surface area (Å²) in [6, 6.07) is 5.12. The van der Waals surface area contributed by atoms with Gasteiger partial charge < -0.3 is 9.47 Å². The Morgan fingerprint density at radius 3 is 1.89 bits per heavy atom. The van der Waals surface area contributed by atoms with Crippen LogP contribution in [0.15, 0.2) is 18.2 Å². The average molecular weight is 268 g/mol. The lowest BCUT2D eigenvalue weighted by atomic mass is 9.88. The highest BCUT2D eigenvalue weighted by molar-refractivity contribution is 5.51. The second kappa shape index (κ2) is 3.05. The molecule has 2 aliphatic rings. The zero-order valence-electron chi connectivity index (χ0n) is 11.8. The number of rotatable bonds is 1. The lowest BCUT2D eigenvalue weighted by molar-refractivity contribution is -0.286. The third kappa shape index (κ3) is 1.30. The quantitative estimate of drug-likeness (QED) is 0.754. The Labute approximate surface area is 111 Å². The number of ether oxygens (including phenoxy) is 2. The zero-order chi connectivity index (χ0) is 14.3. The van der Waals surface area contributed by atoms with Crippen LogP contribution >= 0.6 is 0 Å². The standard InChI is InChI=1S/C15H18F2O2/c1-12(2)13(3,4)14(12,5)9-6-7-10-11(8-9)19-15(16,17)18-10/h6-8H,1-5H3. The van der Waals surface area contributed by atoms with Crippen LogP contribution in [0.2, 0.25) is 0 Å². The molecule has 1 aliphatic carbocycles. The van der Waals surface area contributed by atoms with Crippen LogP contribution in [-0.2, 0) is 5.41 Å². The van der Waals surface area contributed by atoms with Crippen molar-refractivity contribution in [1.29, 1.82) is 0 Å². The van der Waals surface area contributed by atoms with Gasteiger partial charge in [0, 0.05) is 5.41 Å². The van der Waals surface area contributed by atoms with E-state index in [1.165, 1.54) is 0 Å². The molecule has 0 N–H and O–H groups in total. The van der Waals surface area contributed by atoms with Gasteiger partial charge in [0.15, 0.2) is 11.5 Å². The summed E-state index contributed by atoms with van der Waals surface area (Å²) in [4.78, 5) is 0. The molecule has 1 fully saturated rings. The first-order chi connectivity index (χ1) is 8.53. The summed E-state index contributed by atoms with van der Waals surface area (Å²) >= 11 is 0. The topological polar surface area (TPSA) is 18.5 Å². The number of fused-ring (bicyclic) bond motifs is 1. The first-order valence-electron chi connectivity index (χ1n) is 6.43. The molecule has 0 spiro atoms. The SMILES string of the molecule is CC1(C)C(C)(C)C1(C)c1ccc2c(c1)OC(F)(F)O2. The van der Waals surface area contributed by atoms with Gasteiger partial charge in [-0.05, 0) is 28.5 Å². The molecule has 1 aliphatic heterocycles. The Morgan fingerprint density at radius 2 is 1.37 bits per heavy atom. The molecule has 0 amide bonds. The molecule has 0 bridgehead atoms. The second-order valence-corrected chi connectivity index (χ2v) is 6.70. The van der Waals surface area contributed by atoms with Gasteiger partial charge >= 0.3 is 6.29 Å². The van der Waals surface area contributed by atoms with E-state index in [0.29, 0.717) is 0 Å². The summed E-state index contributed by atoms with van der Waals surface area (Å²) in [5, 5.41) is 0. The lowest BCUT2D eigenvalue weighted by Gasteiger charge is -2.16. The molecule has 1 saturated carbocycles. The summed E-state index contributed by atoms with van der Waals surface area (Å²) in [5.41, 5.74) is 1.17. The molecule has 0 atom stereocenters. The van der Waals surface area contributed by atoms with Crippen LogP contribution in [0, 0.1) is 10.8 Å². The van der Waals surface area contributed by atoms with Crippen molar-refractivity contribution in [2.45, 2.75) is 46.3 Å². The van der Waals surface area contributed by atoms with E-state index in [1.54, 1.807) is 12.1 Å². The maximum Gasteiger partial charge on any atom is 0.586 e. The second-order valence-electron chi connectivity index (χ2n) is 6.70. The summed E-state index contributed by atoms with van der Waals surface area (Å²) in [5.74, 6) is 0.232. The maximum atomic E-state index is 13.0. The fourth-order valence-electron chi connectivity index (χ4n) is 3.58. The molecule has 2 nitrogen and oxygen atoms in total. The minimum atomic E-state index is -3.55. The number of halogens is 2. The first kappa shape index (κ1) is 12.7. The molecule has 1 aromatic rings. The van der Waals surface area contributed by atoms with Crippen LogP contribution in [0.4, 0.5) is 8.78 Å². The summed E-state index contributed by atoms with van der Waals surface area (Å²) in [7, 11) is 0. The highest BCUT2D eigenvalue weighted by Gasteiger charge is 2.74. The highest BCUT2D eigenvalue weighted by atomic mass is 19.3. The van der Waals surface area contributed by atoms with Crippen LogP contribution < -0.4 is 9.47 Å². The summed E-state index contributed by atoms with van der Waals surface area (Å²) in [6.07, 6.45) is -3.55. The molecule has 0 radical (unpaired) electrons. The third-order valence-corrected chi connectivity index (χ3v) is 5.98. The Kier molecular flexibility index (Phi) is 2.04. The normalized spacial score (nSPS) is 27.1. The predicted molar refractivity (Wildman–Crippen MR) is 67.6 cm³/mol. The van der Waals surface area contributed by atoms with E-state index >= 15 is 0 Å². The van der Waals surface area contributed by atoms with Gasteiger partial charge in [0.05, 0.1) is 0 Å². The largest absolute Gasteiger partial charge is 0.586 e. The van der Waals surface area contributed by atoms with Crippen molar-refractivity contribution in [1.82, 2.24) is 0 Å². The molecular weight excluding hydrogens is 250 g/mol. The lowest BCUT2D eigenvalue weighted by Crippen LogP contribution is -2.25. The van der Waals surface area contributed by atoms with Crippen LogP contribution in [0.3, 0.4) is 0 Å². The van der Waals surface area contributed by atoms with Crippen LogP contribution in [0.25, 0.3) is 0 Å². The third-order valence-electron chi connectivity index (χ3n) is 5.98. The average Bonchev–Trinajstić information content (AvgIpc) is 2.57. The molecule has 1 heterocycles. The molecule has 0 saturated heterocycles. The molecule has 4 heteroatoms. The van der Waals surface area contributed by atoms with Crippen molar-refractivity contribution in [3.05, 3.63) is 23.8 Å². The molecule has 104 valence electrons. The smallest absolute Gasteiger partial charge is 0.395 e. The molecular formula is C15H18F2O2. The molecule has 1 aromatic carbocycles. The van der Waals surface area contributed by atoms with Gasteiger partial charge in [-0.25, -0.2) is 0 Å². The summed E-state index contributed by atoms with van der Waals surface area (Å²) < 4.78 is 35.1. The molecule has 0 unspecified atom stereocenters. The summed E-state index contributed by atoms with van der Waals surface area (Å²) in [6.45, 7) is 11.0. The number of alkyl halides is 2. The van der Waals surface area contributed by atoms with Crippen molar-refractivity contribution in [3.8, 4) is 11.5 Å². The Bertz CT molecular complexity index is 547. The first-order valence-corrected chi connectivity index (χ1v) is 6.43. The molecule has 19 heavy (non-hydrogen) atoms. The fraction of sp³-hybridized carbons (Fsp3) is 0.600. The van der Waals surface area contributed by atoms with Gasteiger partial charge in [0.2, 0.25) is 0 Å². The number of hydrogen-bond donors (Lipinski definition) is 0. The highest BCUT2D eigenvalue weighted by Crippen LogP contribution is 2.78. The van der Waals surface area contributed by atoms with Gasteiger partial charge in [0.25, 0.3) is 0 Å². The Hall–Kier alpha value is -1.32. The fourth-order valence-corrected chi connectivity index (χ4v) is 3.58. The van der Waals surface area contributed by atoms with Gasteiger partial charge in [-0.3, -0.25) is 0 Å². The van der Waals surface area contributed by atoms with Crippen molar-refractivity contribution in [3.63, 3.8) is 0 Å². The zero-order valence-corrected chi connectivity index (χ0v) is 11.8. The van der Waals surface area contributed by atoms with E-state index in [4.69, 9.17) is 0 Å². The number of benzene rings is 1. The predicted octanol–water partition coefficient (Wildman–Crippen LogP) is 4.33. The monoisotopic (exact) mass is 268 g/mol. The van der Waals surface area contributed by atoms with E-state index in [0.717, 1.165) is 5.56 Å². The van der Waals surface area contributed by atoms with Crippen LogP contribution in [-0.4, -0.2) is 6.29 Å². The van der Waals surface area contributed by atoms with E-state index < -0.39 is 6.29 Å². The minimum Gasteiger partial charge on any atom is -0.395 e. The van der Waals surface area contributed by atoms with Crippen LogP contribution in [0.5, 0.6) is 11.5 Å². The van der Waals surface area contributed by atoms with Crippen molar-refractivity contribution < 1.29 is 18.3 Å². The van der Waals surface area contributed by atoms with Gasteiger partial charge in [-0.15, -0.1) is 8.78 Å². The number of hydrogen-bond acceptors (Lipinski definition) is 2. The van der Waals surface area contributed by atoms with E-state index in [-0.39, 0.29) is 27.7 Å². The maximum absolute atomic E-state index is 13.0. The van der Waals surface area contributed by atoms with E-state index in [9.17, 15) is 8.78 Å². The van der Waals surface area contributed by atoms with Gasteiger partial charge in [-0.1, -0.05) is 40.7 Å². The minimum absolute atomic E-state index is 0.0593. The van der Waals surface area contributed by atoms with Crippen molar-refractivity contribution >= 4 is 0 Å². The molecule has 3 rings (SSSR count). The van der Waals surface area contributed by atoms with Crippen molar-refractivity contribution in [2.24, 2.45) is 10.8 Å². The van der Waals surface area contributed by atoms with Gasteiger partial charge in [0.1, 0.15) is 0 Å². The van der Waals surface area contributed by atoms with E-state index in [2.05, 4.69) is 44.1 Å².